The molecule has 0 N–H and O–H groups in total. The van der Waals surface area contributed by atoms with E-state index in [0.29, 0.717) is 17.1 Å². The van der Waals surface area contributed by atoms with Gasteiger partial charge in [0, 0.05) is 5.56 Å². The third-order valence-corrected chi connectivity index (χ3v) is 3.03. The highest BCUT2D eigenvalue weighted by Crippen LogP contribution is 2.37. The Morgan fingerprint density at radius 1 is 1.35 bits per heavy atom. The highest BCUT2D eigenvalue weighted by molar-refractivity contribution is 6.22. The van der Waals surface area contributed by atoms with Gasteiger partial charge >= 0.3 is 0 Å². The number of methoxy groups -OCH3 is 1. The second kappa shape index (κ2) is 4.80. The van der Waals surface area contributed by atoms with Crippen LogP contribution in [0.1, 0.15) is 22.3 Å². The van der Waals surface area contributed by atoms with Crippen LogP contribution in [0.5, 0.6) is 5.75 Å². The van der Waals surface area contributed by atoms with Gasteiger partial charge in [-0.15, -0.1) is 11.6 Å². The first-order valence-corrected chi connectivity index (χ1v) is 5.58. The smallest absolute Gasteiger partial charge is 0.129 e. The average molecular weight is 255 g/mol. The Balaban J connectivity index is 2.46. The normalized spacial score (nSPS) is 12.5. The SMILES string of the molecule is COc1ccc(F)cc1C(Cl)c1occc1C. The van der Waals surface area contributed by atoms with Gasteiger partial charge in [-0.3, -0.25) is 0 Å². The molecule has 1 atom stereocenters. The Kier molecular flexibility index (Phi) is 3.38. The number of ether oxygens (including phenoxy) is 1. The fourth-order valence-corrected chi connectivity index (χ4v) is 2.08. The summed E-state index contributed by atoms with van der Waals surface area (Å²) >= 11 is 6.29. The summed E-state index contributed by atoms with van der Waals surface area (Å²) in [5, 5.41) is -0.560. The Bertz CT molecular complexity index is 522. The van der Waals surface area contributed by atoms with Crippen LogP contribution in [0.4, 0.5) is 4.39 Å². The zero-order chi connectivity index (χ0) is 12.4. The minimum Gasteiger partial charge on any atom is -0.496 e. The molecule has 0 aliphatic heterocycles. The van der Waals surface area contributed by atoms with Gasteiger partial charge in [0.15, 0.2) is 0 Å². The zero-order valence-corrected chi connectivity index (χ0v) is 10.3. The molecule has 0 bridgehead atoms. The highest BCUT2D eigenvalue weighted by Gasteiger charge is 2.20. The molecule has 1 aromatic heterocycles. The number of hydrogen-bond donors (Lipinski definition) is 0. The van der Waals surface area contributed by atoms with Gasteiger partial charge in [0.1, 0.15) is 22.7 Å². The lowest BCUT2D eigenvalue weighted by atomic mass is 10.1. The monoisotopic (exact) mass is 254 g/mol. The number of halogens is 2. The van der Waals surface area contributed by atoms with E-state index in [1.54, 1.807) is 12.3 Å². The first-order chi connectivity index (χ1) is 8.13. The molecule has 0 aliphatic rings. The second-order valence-corrected chi connectivity index (χ2v) is 4.15. The standard InChI is InChI=1S/C13H12ClFO2/c1-8-5-6-17-13(8)12(14)10-7-9(15)3-4-11(10)16-2/h3-7,12H,1-2H3. The lowest BCUT2D eigenvalue weighted by molar-refractivity contribution is 0.406. The van der Waals surface area contributed by atoms with E-state index in [1.165, 1.54) is 19.2 Å². The molecule has 0 radical (unpaired) electrons. The van der Waals surface area contributed by atoms with E-state index in [1.807, 2.05) is 13.0 Å². The molecular formula is C13H12ClFO2. The third-order valence-electron chi connectivity index (χ3n) is 2.60. The Morgan fingerprint density at radius 3 is 2.71 bits per heavy atom. The summed E-state index contributed by atoms with van der Waals surface area (Å²) in [7, 11) is 1.52. The molecule has 2 rings (SSSR count). The molecule has 17 heavy (non-hydrogen) atoms. The molecule has 0 saturated carbocycles. The fourth-order valence-electron chi connectivity index (χ4n) is 1.69. The van der Waals surface area contributed by atoms with E-state index in [4.69, 9.17) is 20.8 Å². The zero-order valence-electron chi connectivity index (χ0n) is 9.54. The maximum atomic E-state index is 13.2. The van der Waals surface area contributed by atoms with Crippen molar-refractivity contribution in [1.29, 1.82) is 0 Å². The van der Waals surface area contributed by atoms with Crippen molar-refractivity contribution in [2.45, 2.75) is 12.3 Å². The molecule has 2 aromatic rings. The van der Waals surface area contributed by atoms with Crippen molar-refractivity contribution in [3.63, 3.8) is 0 Å². The first kappa shape index (κ1) is 12.0. The van der Waals surface area contributed by atoms with E-state index in [9.17, 15) is 4.39 Å². The highest BCUT2D eigenvalue weighted by atomic mass is 35.5. The molecule has 0 spiro atoms. The van der Waals surface area contributed by atoms with Gasteiger partial charge in [0.05, 0.1) is 13.4 Å². The van der Waals surface area contributed by atoms with Gasteiger partial charge in [-0.2, -0.15) is 0 Å². The molecule has 2 nitrogen and oxygen atoms in total. The van der Waals surface area contributed by atoms with Crippen LogP contribution in [-0.2, 0) is 0 Å². The molecule has 4 heteroatoms. The summed E-state index contributed by atoms with van der Waals surface area (Å²) in [6.07, 6.45) is 1.56. The van der Waals surface area contributed by atoms with Gasteiger partial charge < -0.3 is 9.15 Å². The maximum Gasteiger partial charge on any atom is 0.129 e. The Labute approximate surface area is 104 Å². The molecule has 0 amide bonds. The van der Waals surface area contributed by atoms with E-state index in [2.05, 4.69) is 0 Å². The van der Waals surface area contributed by atoms with Crippen LogP contribution in [0.3, 0.4) is 0 Å². The molecular weight excluding hydrogens is 243 g/mol. The largest absolute Gasteiger partial charge is 0.496 e. The number of rotatable bonds is 3. The number of hydrogen-bond acceptors (Lipinski definition) is 2. The lowest BCUT2D eigenvalue weighted by Gasteiger charge is -2.13. The van der Waals surface area contributed by atoms with Crippen molar-refractivity contribution in [2.24, 2.45) is 0 Å². The van der Waals surface area contributed by atoms with E-state index in [0.717, 1.165) is 5.56 Å². The summed E-state index contributed by atoms with van der Waals surface area (Å²) in [6.45, 7) is 1.89. The van der Waals surface area contributed by atoms with Gasteiger partial charge in [-0.1, -0.05) is 0 Å². The molecule has 1 heterocycles. The number of benzene rings is 1. The van der Waals surface area contributed by atoms with Gasteiger partial charge in [0.25, 0.3) is 0 Å². The van der Waals surface area contributed by atoms with Crippen LogP contribution in [0, 0.1) is 12.7 Å². The summed E-state index contributed by atoms with van der Waals surface area (Å²) in [5.74, 6) is 0.799. The van der Waals surface area contributed by atoms with Crippen LogP contribution in [0.2, 0.25) is 0 Å². The number of alkyl halides is 1. The van der Waals surface area contributed by atoms with Crippen molar-refractivity contribution in [2.75, 3.05) is 7.11 Å². The molecule has 0 fully saturated rings. The van der Waals surface area contributed by atoms with Crippen molar-refractivity contribution in [3.05, 3.63) is 53.2 Å². The van der Waals surface area contributed by atoms with E-state index < -0.39 is 5.38 Å². The van der Waals surface area contributed by atoms with Crippen molar-refractivity contribution in [3.8, 4) is 5.75 Å². The predicted molar refractivity (Wildman–Crippen MR) is 64.1 cm³/mol. The minimum absolute atomic E-state index is 0.351. The lowest BCUT2D eigenvalue weighted by Crippen LogP contribution is -1.98. The van der Waals surface area contributed by atoms with Crippen molar-refractivity contribution in [1.82, 2.24) is 0 Å². The summed E-state index contributed by atoms with van der Waals surface area (Å²) < 4.78 is 23.7. The van der Waals surface area contributed by atoms with Gasteiger partial charge in [-0.25, -0.2) is 4.39 Å². The minimum atomic E-state index is -0.560. The van der Waals surface area contributed by atoms with Gasteiger partial charge in [0.2, 0.25) is 0 Å². The van der Waals surface area contributed by atoms with E-state index in [-0.39, 0.29) is 5.82 Å². The van der Waals surface area contributed by atoms with Crippen LogP contribution < -0.4 is 4.74 Å². The van der Waals surface area contributed by atoms with Crippen molar-refractivity contribution < 1.29 is 13.5 Å². The molecule has 0 saturated heterocycles. The summed E-state index contributed by atoms with van der Waals surface area (Å²) in [6, 6.07) is 6.06. The second-order valence-electron chi connectivity index (χ2n) is 3.72. The molecule has 1 unspecified atom stereocenters. The predicted octanol–water partition coefficient (Wildman–Crippen LogP) is 4.06. The number of aryl methyl sites for hydroxylation is 1. The fraction of sp³-hybridized carbons (Fsp3) is 0.231. The van der Waals surface area contributed by atoms with Crippen LogP contribution in [-0.4, -0.2) is 7.11 Å². The van der Waals surface area contributed by atoms with Gasteiger partial charge in [-0.05, 0) is 36.8 Å². The number of furan rings is 1. The quantitative estimate of drug-likeness (QED) is 0.771. The summed E-state index contributed by atoms with van der Waals surface area (Å²) in [4.78, 5) is 0. The van der Waals surface area contributed by atoms with Crippen LogP contribution in [0.15, 0.2) is 34.9 Å². The molecule has 0 aliphatic carbocycles. The maximum absolute atomic E-state index is 13.2. The molecule has 1 aromatic carbocycles. The average Bonchev–Trinajstić information content (AvgIpc) is 2.74. The van der Waals surface area contributed by atoms with E-state index >= 15 is 0 Å². The molecule has 90 valence electrons. The Morgan fingerprint density at radius 2 is 2.12 bits per heavy atom. The first-order valence-electron chi connectivity index (χ1n) is 5.15. The van der Waals surface area contributed by atoms with Crippen molar-refractivity contribution >= 4 is 11.6 Å². The van der Waals surface area contributed by atoms with Crippen LogP contribution >= 0.6 is 11.6 Å². The Hall–Kier alpha value is -1.48. The summed E-state index contributed by atoms with van der Waals surface area (Å²) in [5.41, 5.74) is 1.49. The van der Waals surface area contributed by atoms with Crippen LogP contribution in [0.25, 0.3) is 0 Å². The third kappa shape index (κ3) is 2.29. The topological polar surface area (TPSA) is 22.4 Å².